The van der Waals surface area contributed by atoms with Crippen molar-refractivity contribution in [3.63, 3.8) is 0 Å². The van der Waals surface area contributed by atoms with Crippen LogP contribution in [0.1, 0.15) is 5.56 Å². The number of β-amino-alcohol motifs (C(OH)–C–C–N with tert-alkyl or cyclic N) is 1. The van der Waals surface area contributed by atoms with Gasteiger partial charge < -0.3 is 10.4 Å². The SMILES string of the molecule is Cc1cc([N+](=O)[O-])cc(F)c1NC1=CC(=O)N(CCO)C1=O. The Morgan fingerprint density at radius 2 is 2.09 bits per heavy atom. The highest BCUT2D eigenvalue weighted by Gasteiger charge is 2.31. The predicted octanol–water partition coefficient (Wildman–Crippen LogP) is 0.699. The first-order valence-corrected chi connectivity index (χ1v) is 6.25. The summed E-state index contributed by atoms with van der Waals surface area (Å²) in [5.41, 5.74) is -0.475. The number of non-ortho nitro benzene ring substituents is 1. The summed E-state index contributed by atoms with van der Waals surface area (Å²) in [5.74, 6) is -2.23. The number of carbonyl (C=O) groups is 2. The lowest BCUT2D eigenvalue weighted by Crippen LogP contribution is -2.34. The molecule has 0 saturated carbocycles. The maximum Gasteiger partial charge on any atom is 0.277 e. The summed E-state index contributed by atoms with van der Waals surface area (Å²) in [6.07, 6.45) is 0.984. The molecule has 1 heterocycles. The van der Waals surface area contributed by atoms with Gasteiger partial charge in [0, 0.05) is 12.1 Å². The summed E-state index contributed by atoms with van der Waals surface area (Å²) >= 11 is 0. The van der Waals surface area contributed by atoms with Crippen LogP contribution in [0, 0.1) is 22.9 Å². The van der Waals surface area contributed by atoms with Crippen molar-refractivity contribution in [3.05, 3.63) is 45.4 Å². The first kappa shape index (κ1) is 15.6. The Labute approximate surface area is 124 Å². The molecule has 0 bridgehead atoms. The van der Waals surface area contributed by atoms with E-state index in [1.807, 2.05) is 0 Å². The van der Waals surface area contributed by atoms with E-state index in [0.29, 0.717) is 0 Å². The van der Waals surface area contributed by atoms with Crippen molar-refractivity contribution in [1.82, 2.24) is 4.90 Å². The molecule has 2 rings (SSSR count). The summed E-state index contributed by atoms with van der Waals surface area (Å²) in [6, 6.07) is 1.88. The third-order valence-corrected chi connectivity index (χ3v) is 3.08. The minimum absolute atomic E-state index is 0.121. The Morgan fingerprint density at radius 3 is 2.64 bits per heavy atom. The van der Waals surface area contributed by atoms with Gasteiger partial charge in [0.15, 0.2) is 5.82 Å². The largest absolute Gasteiger partial charge is 0.395 e. The summed E-state index contributed by atoms with van der Waals surface area (Å²) < 4.78 is 14.0. The normalized spacial score (nSPS) is 14.3. The molecule has 0 unspecified atom stereocenters. The average molecular weight is 309 g/mol. The summed E-state index contributed by atoms with van der Waals surface area (Å²) in [4.78, 5) is 34.2. The molecule has 2 amide bonds. The van der Waals surface area contributed by atoms with Crippen molar-refractivity contribution in [2.24, 2.45) is 0 Å². The number of nitro benzene ring substituents is 1. The number of anilines is 1. The molecule has 116 valence electrons. The lowest BCUT2D eigenvalue weighted by atomic mass is 10.1. The zero-order chi connectivity index (χ0) is 16.4. The molecule has 0 saturated heterocycles. The van der Waals surface area contributed by atoms with E-state index in [-0.39, 0.29) is 30.1 Å². The second kappa shape index (κ2) is 5.90. The molecule has 0 aliphatic carbocycles. The second-order valence-corrected chi connectivity index (χ2v) is 4.58. The van der Waals surface area contributed by atoms with Crippen LogP contribution >= 0.6 is 0 Å². The van der Waals surface area contributed by atoms with Gasteiger partial charge in [0.2, 0.25) is 0 Å². The standard InChI is InChI=1S/C13H12FN3O5/c1-7-4-8(17(21)22)5-9(14)12(7)15-10-6-11(19)16(2-3-18)13(10)20/h4-6,15,18H,2-3H2,1H3. The molecule has 0 radical (unpaired) electrons. The van der Waals surface area contributed by atoms with Gasteiger partial charge >= 0.3 is 0 Å². The first-order chi connectivity index (χ1) is 10.3. The highest BCUT2D eigenvalue weighted by molar-refractivity contribution is 6.17. The minimum Gasteiger partial charge on any atom is -0.395 e. The fraction of sp³-hybridized carbons (Fsp3) is 0.231. The number of carbonyl (C=O) groups excluding carboxylic acids is 2. The maximum atomic E-state index is 14.0. The van der Waals surface area contributed by atoms with E-state index in [1.165, 1.54) is 6.92 Å². The van der Waals surface area contributed by atoms with Gasteiger partial charge in [-0.15, -0.1) is 0 Å². The Balaban J connectivity index is 2.29. The number of halogens is 1. The quantitative estimate of drug-likeness (QED) is 0.470. The number of hydrogen-bond donors (Lipinski definition) is 2. The molecule has 2 N–H and O–H groups in total. The fourth-order valence-corrected chi connectivity index (χ4v) is 2.03. The number of nitro groups is 1. The first-order valence-electron chi connectivity index (χ1n) is 6.25. The molecular formula is C13H12FN3O5. The van der Waals surface area contributed by atoms with Crippen molar-refractivity contribution in [2.45, 2.75) is 6.92 Å². The maximum absolute atomic E-state index is 14.0. The van der Waals surface area contributed by atoms with Gasteiger partial charge in [-0.2, -0.15) is 0 Å². The number of aryl methyl sites for hydroxylation is 1. The number of aliphatic hydroxyl groups excluding tert-OH is 1. The Bertz CT molecular complexity index is 678. The zero-order valence-electron chi connectivity index (χ0n) is 11.5. The number of rotatable bonds is 5. The average Bonchev–Trinajstić information content (AvgIpc) is 2.70. The fourth-order valence-electron chi connectivity index (χ4n) is 2.03. The Morgan fingerprint density at radius 1 is 1.41 bits per heavy atom. The number of aliphatic hydroxyl groups is 1. The van der Waals surface area contributed by atoms with Crippen LogP contribution in [0.15, 0.2) is 23.9 Å². The summed E-state index contributed by atoms with van der Waals surface area (Å²) in [7, 11) is 0. The summed E-state index contributed by atoms with van der Waals surface area (Å²) in [6.45, 7) is 0.885. The number of imide groups is 1. The van der Waals surface area contributed by atoms with Crippen LogP contribution in [0.3, 0.4) is 0 Å². The highest BCUT2D eigenvalue weighted by atomic mass is 19.1. The van der Waals surface area contributed by atoms with Crippen molar-refractivity contribution < 1.29 is 24.0 Å². The molecule has 1 aliphatic rings. The van der Waals surface area contributed by atoms with Gasteiger partial charge in [0.25, 0.3) is 17.5 Å². The zero-order valence-corrected chi connectivity index (χ0v) is 11.5. The molecular weight excluding hydrogens is 297 g/mol. The van der Waals surface area contributed by atoms with Crippen molar-refractivity contribution in [1.29, 1.82) is 0 Å². The number of hydrogen-bond acceptors (Lipinski definition) is 6. The van der Waals surface area contributed by atoms with Crippen LogP contribution in [-0.4, -0.2) is 39.9 Å². The van der Waals surface area contributed by atoms with Crippen LogP contribution in [0.2, 0.25) is 0 Å². The van der Waals surface area contributed by atoms with E-state index in [2.05, 4.69) is 5.32 Å². The van der Waals surface area contributed by atoms with Crippen LogP contribution in [0.4, 0.5) is 15.8 Å². The van der Waals surface area contributed by atoms with E-state index >= 15 is 0 Å². The van der Waals surface area contributed by atoms with E-state index in [1.54, 1.807) is 0 Å². The lowest BCUT2D eigenvalue weighted by molar-refractivity contribution is -0.385. The number of nitrogens with one attached hydrogen (secondary N) is 1. The molecule has 0 fully saturated rings. The van der Waals surface area contributed by atoms with Crippen molar-refractivity contribution >= 4 is 23.2 Å². The number of benzene rings is 1. The molecule has 22 heavy (non-hydrogen) atoms. The van der Waals surface area contributed by atoms with E-state index in [9.17, 15) is 24.1 Å². The molecule has 8 nitrogen and oxygen atoms in total. The number of amides is 2. The van der Waals surface area contributed by atoms with Crippen molar-refractivity contribution in [3.8, 4) is 0 Å². The number of nitrogens with zero attached hydrogens (tertiary/aromatic N) is 2. The third-order valence-electron chi connectivity index (χ3n) is 3.08. The Hall–Kier alpha value is -2.81. The van der Waals surface area contributed by atoms with Gasteiger partial charge in [0.05, 0.1) is 29.8 Å². The van der Waals surface area contributed by atoms with Gasteiger partial charge in [-0.25, -0.2) is 4.39 Å². The lowest BCUT2D eigenvalue weighted by Gasteiger charge is -2.14. The Kier molecular flexibility index (Phi) is 4.18. The molecule has 1 aliphatic heterocycles. The van der Waals surface area contributed by atoms with Crippen LogP contribution < -0.4 is 5.32 Å². The second-order valence-electron chi connectivity index (χ2n) is 4.58. The van der Waals surface area contributed by atoms with Gasteiger partial charge in [-0.05, 0) is 12.5 Å². The smallest absolute Gasteiger partial charge is 0.277 e. The topological polar surface area (TPSA) is 113 Å². The van der Waals surface area contributed by atoms with Gasteiger partial charge in [-0.1, -0.05) is 0 Å². The minimum atomic E-state index is -0.909. The highest BCUT2D eigenvalue weighted by Crippen LogP contribution is 2.27. The predicted molar refractivity (Wildman–Crippen MR) is 73.3 cm³/mol. The van der Waals surface area contributed by atoms with Gasteiger partial charge in [-0.3, -0.25) is 24.6 Å². The van der Waals surface area contributed by atoms with E-state index < -0.39 is 28.2 Å². The summed E-state index contributed by atoms with van der Waals surface area (Å²) in [5, 5.41) is 21.9. The molecule has 9 heteroatoms. The third kappa shape index (κ3) is 2.79. The van der Waals surface area contributed by atoms with Crippen LogP contribution in [0.25, 0.3) is 0 Å². The molecule has 0 spiro atoms. The molecule has 1 aromatic carbocycles. The van der Waals surface area contributed by atoms with E-state index in [4.69, 9.17) is 5.11 Å². The van der Waals surface area contributed by atoms with E-state index in [0.717, 1.165) is 23.1 Å². The van der Waals surface area contributed by atoms with Crippen molar-refractivity contribution in [2.75, 3.05) is 18.5 Å². The van der Waals surface area contributed by atoms with Crippen LogP contribution in [-0.2, 0) is 9.59 Å². The van der Waals surface area contributed by atoms with Crippen LogP contribution in [0.5, 0.6) is 0 Å². The molecule has 0 atom stereocenters. The monoisotopic (exact) mass is 309 g/mol. The molecule has 1 aromatic rings. The van der Waals surface area contributed by atoms with Gasteiger partial charge in [0.1, 0.15) is 5.70 Å². The molecule has 0 aromatic heterocycles.